The van der Waals surface area contributed by atoms with Gasteiger partial charge >= 0.3 is 0 Å². The standard InChI is InChI=1S/C10H15Si.H2O/c1-11(2)9-8-10-6-4-3-5-7-10;/h3-7H,8-9H2,1-2H3;1H2. The fraction of sp³-hybridized carbons (Fsp3) is 0.400. The van der Waals surface area contributed by atoms with Crippen molar-refractivity contribution in [3.8, 4) is 0 Å². The minimum Gasteiger partial charge on any atom is -0.412 e. The average Bonchev–Trinajstić information content (AvgIpc) is 2.03. The van der Waals surface area contributed by atoms with Crippen LogP contribution in [0.15, 0.2) is 30.3 Å². The van der Waals surface area contributed by atoms with E-state index in [-0.39, 0.29) is 14.3 Å². The van der Waals surface area contributed by atoms with Crippen LogP contribution in [0.3, 0.4) is 0 Å². The molecule has 1 radical (unpaired) electrons. The lowest BCUT2D eigenvalue weighted by atomic mass is 10.2. The van der Waals surface area contributed by atoms with Crippen LogP contribution in [0.5, 0.6) is 0 Å². The van der Waals surface area contributed by atoms with E-state index in [9.17, 15) is 0 Å². The highest BCUT2D eigenvalue weighted by Crippen LogP contribution is 2.04. The van der Waals surface area contributed by atoms with Crippen molar-refractivity contribution in [2.75, 3.05) is 0 Å². The Hall–Kier alpha value is -0.603. The van der Waals surface area contributed by atoms with Crippen LogP contribution in [0.2, 0.25) is 19.1 Å². The van der Waals surface area contributed by atoms with E-state index in [1.165, 1.54) is 18.0 Å². The van der Waals surface area contributed by atoms with Crippen LogP contribution in [-0.4, -0.2) is 14.3 Å². The highest BCUT2D eigenvalue weighted by atomic mass is 28.3. The first-order valence-electron chi connectivity index (χ1n) is 4.12. The molecule has 1 aromatic rings. The molecule has 0 aromatic heterocycles. The summed E-state index contributed by atoms with van der Waals surface area (Å²) in [4.78, 5) is 0. The second-order valence-electron chi connectivity index (χ2n) is 3.19. The molecule has 0 aliphatic carbocycles. The van der Waals surface area contributed by atoms with Crippen LogP contribution in [0.25, 0.3) is 0 Å². The Bertz CT molecular complexity index is 196. The second-order valence-corrected chi connectivity index (χ2v) is 6.11. The number of rotatable bonds is 3. The zero-order valence-electron chi connectivity index (χ0n) is 7.80. The van der Waals surface area contributed by atoms with Gasteiger partial charge in [0.05, 0.1) is 0 Å². The first-order valence-corrected chi connectivity index (χ1v) is 6.82. The monoisotopic (exact) mass is 181 g/mol. The Morgan fingerprint density at radius 2 is 1.67 bits per heavy atom. The van der Waals surface area contributed by atoms with Crippen molar-refractivity contribution < 1.29 is 5.48 Å². The van der Waals surface area contributed by atoms with Gasteiger partial charge in [0, 0.05) is 8.80 Å². The first-order chi connectivity index (χ1) is 5.29. The quantitative estimate of drug-likeness (QED) is 0.640. The van der Waals surface area contributed by atoms with Crippen molar-refractivity contribution in [1.82, 2.24) is 0 Å². The van der Waals surface area contributed by atoms with E-state index in [1.54, 1.807) is 0 Å². The molecule has 2 heteroatoms. The summed E-state index contributed by atoms with van der Waals surface area (Å²) in [6.45, 7) is 4.74. The van der Waals surface area contributed by atoms with Crippen LogP contribution >= 0.6 is 0 Å². The predicted octanol–water partition coefficient (Wildman–Crippen LogP) is 2.16. The van der Waals surface area contributed by atoms with Gasteiger partial charge in [-0.25, -0.2) is 0 Å². The van der Waals surface area contributed by atoms with Gasteiger partial charge in [-0.2, -0.15) is 0 Å². The summed E-state index contributed by atoms with van der Waals surface area (Å²) in [6.07, 6.45) is 1.27. The smallest absolute Gasteiger partial charge is 0.0416 e. The number of benzene rings is 1. The molecule has 0 atom stereocenters. The fourth-order valence-corrected chi connectivity index (χ4v) is 1.83. The van der Waals surface area contributed by atoms with Crippen LogP contribution in [0, 0.1) is 0 Å². The van der Waals surface area contributed by atoms with Gasteiger partial charge in [-0.3, -0.25) is 0 Å². The molecule has 1 nitrogen and oxygen atoms in total. The summed E-state index contributed by atoms with van der Waals surface area (Å²) < 4.78 is 0. The Kier molecular flexibility index (Phi) is 5.67. The third-order valence-electron chi connectivity index (χ3n) is 1.76. The molecule has 1 rings (SSSR count). The van der Waals surface area contributed by atoms with Gasteiger partial charge in [-0.1, -0.05) is 49.5 Å². The van der Waals surface area contributed by atoms with Gasteiger partial charge in [0.2, 0.25) is 0 Å². The number of hydrogen-bond acceptors (Lipinski definition) is 0. The molecule has 0 fully saturated rings. The topological polar surface area (TPSA) is 31.5 Å². The van der Waals surface area contributed by atoms with Crippen molar-refractivity contribution in [2.45, 2.75) is 25.6 Å². The lowest BCUT2D eigenvalue weighted by Crippen LogP contribution is -2.00. The van der Waals surface area contributed by atoms with Crippen molar-refractivity contribution in [2.24, 2.45) is 0 Å². The minimum atomic E-state index is -0.0322. The van der Waals surface area contributed by atoms with Crippen LogP contribution in [0.4, 0.5) is 0 Å². The highest BCUT2D eigenvalue weighted by molar-refractivity contribution is 6.55. The lowest BCUT2D eigenvalue weighted by Gasteiger charge is -2.01. The maximum absolute atomic E-state index is 2.37. The summed E-state index contributed by atoms with van der Waals surface area (Å²) in [5.74, 6) is 0. The normalized spacial score (nSPS) is 9.58. The lowest BCUT2D eigenvalue weighted by molar-refractivity contribution is 0.824. The molecule has 0 saturated carbocycles. The van der Waals surface area contributed by atoms with Crippen molar-refractivity contribution in [3.63, 3.8) is 0 Å². The predicted molar refractivity (Wildman–Crippen MR) is 56.0 cm³/mol. The summed E-state index contributed by atoms with van der Waals surface area (Å²) in [5.41, 5.74) is 1.48. The van der Waals surface area contributed by atoms with E-state index >= 15 is 0 Å². The number of hydrogen-bond donors (Lipinski definition) is 0. The molecule has 0 heterocycles. The minimum absolute atomic E-state index is 0. The summed E-state index contributed by atoms with van der Waals surface area (Å²) in [5, 5.41) is 0. The zero-order chi connectivity index (χ0) is 8.10. The van der Waals surface area contributed by atoms with E-state index < -0.39 is 0 Å². The van der Waals surface area contributed by atoms with E-state index in [1.807, 2.05) is 0 Å². The average molecular weight is 181 g/mol. The molecular weight excluding hydrogens is 164 g/mol. The third-order valence-corrected chi connectivity index (χ3v) is 3.01. The molecule has 0 aliphatic rings. The number of aryl methyl sites for hydroxylation is 1. The Morgan fingerprint density at radius 1 is 1.08 bits per heavy atom. The second kappa shape index (κ2) is 5.97. The van der Waals surface area contributed by atoms with Gasteiger partial charge in [0.25, 0.3) is 0 Å². The van der Waals surface area contributed by atoms with Gasteiger partial charge < -0.3 is 5.48 Å². The zero-order valence-corrected chi connectivity index (χ0v) is 8.80. The van der Waals surface area contributed by atoms with E-state index in [2.05, 4.69) is 43.4 Å². The third kappa shape index (κ3) is 4.31. The summed E-state index contributed by atoms with van der Waals surface area (Å²) in [7, 11) is -0.0322. The van der Waals surface area contributed by atoms with Gasteiger partial charge in [-0.05, 0) is 12.0 Å². The van der Waals surface area contributed by atoms with E-state index in [0.29, 0.717) is 0 Å². The SMILES string of the molecule is C[Si](C)CCc1ccccc1.O. The fourth-order valence-electron chi connectivity index (χ4n) is 1.04. The molecule has 0 aliphatic heterocycles. The summed E-state index contributed by atoms with van der Waals surface area (Å²) >= 11 is 0. The molecule has 67 valence electrons. The molecule has 0 bridgehead atoms. The molecule has 0 spiro atoms. The molecular formula is C10H17OSi. The summed E-state index contributed by atoms with van der Waals surface area (Å²) in [6, 6.07) is 12.1. The molecule has 0 amide bonds. The molecule has 1 aromatic carbocycles. The van der Waals surface area contributed by atoms with Gasteiger partial charge in [-0.15, -0.1) is 0 Å². The van der Waals surface area contributed by atoms with Gasteiger partial charge in [0.15, 0.2) is 0 Å². The van der Waals surface area contributed by atoms with Crippen molar-refractivity contribution >= 4 is 8.80 Å². The maximum atomic E-state index is 2.37. The molecule has 12 heavy (non-hydrogen) atoms. The molecule has 2 N–H and O–H groups in total. The van der Waals surface area contributed by atoms with Crippen molar-refractivity contribution in [3.05, 3.63) is 35.9 Å². The first kappa shape index (κ1) is 11.4. The molecule has 0 unspecified atom stereocenters. The van der Waals surface area contributed by atoms with Crippen LogP contribution < -0.4 is 0 Å². The Balaban J connectivity index is 0.00000121. The van der Waals surface area contributed by atoms with E-state index in [0.717, 1.165) is 0 Å². The Labute approximate surface area is 76.3 Å². The van der Waals surface area contributed by atoms with Crippen molar-refractivity contribution in [1.29, 1.82) is 0 Å². The van der Waals surface area contributed by atoms with Crippen LogP contribution in [-0.2, 0) is 6.42 Å². The maximum Gasteiger partial charge on any atom is 0.0416 e. The largest absolute Gasteiger partial charge is 0.412 e. The molecule has 0 saturated heterocycles. The van der Waals surface area contributed by atoms with Gasteiger partial charge in [0.1, 0.15) is 0 Å². The van der Waals surface area contributed by atoms with E-state index in [4.69, 9.17) is 0 Å². The highest BCUT2D eigenvalue weighted by Gasteiger charge is 1.96. The van der Waals surface area contributed by atoms with Crippen LogP contribution in [0.1, 0.15) is 5.56 Å². The Morgan fingerprint density at radius 3 is 2.17 bits per heavy atom.